The zero-order valence-electron chi connectivity index (χ0n) is 36.7. The van der Waals surface area contributed by atoms with Crippen molar-refractivity contribution in [2.24, 2.45) is 17.3 Å². The Morgan fingerprint density at radius 3 is 1.32 bits per heavy atom. The van der Waals surface area contributed by atoms with Gasteiger partial charge in [-0.2, -0.15) is 0 Å². The molecule has 1 unspecified atom stereocenters. The molecule has 0 nitrogen and oxygen atoms in total. The summed E-state index contributed by atoms with van der Waals surface area (Å²) in [6.45, 7) is 25.7. The number of rotatable bonds is 7. The fraction of sp³-hybridized carbons (Fsp3) is 0.268. The summed E-state index contributed by atoms with van der Waals surface area (Å²) in [5, 5.41) is 0. The van der Waals surface area contributed by atoms with Crippen LogP contribution >= 0.6 is 0 Å². The number of benzene rings is 6. The first kappa shape index (κ1) is 44.7. The molecule has 0 spiro atoms. The van der Waals surface area contributed by atoms with Gasteiger partial charge in [0.25, 0.3) is 0 Å². The predicted octanol–water partition coefficient (Wildman–Crippen LogP) is 8.98. The molecule has 8 rings (SSSR count). The fourth-order valence-corrected chi connectivity index (χ4v) is 20.1. The van der Waals surface area contributed by atoms with Gasteiger partial charge in [-0.25, -0.2) is 0 Å². The van der Waals surface area contributed by atoms with Crippen molar-refractivity contribution >= 4 is 3.21 Å². The van der Waals surface area contributed by atoms with Gasteiger partial charge in [0.05, 0.1) is 0 Å². The average Bonchev–Trinajstić information content (AvgIpc) is 3.74. The minimum absolute atomic E-state index is 0. The summed E-state index contributed by atoms with van der Waals surface area (Å²) in [5.41, 5.74) is 23.6. The summed E-state index contributed by atoms with van der Waals surface area (Å²) in [6.07, 6.45) is 5.37. The van der Waals surface area contributed by atoms with Crippen LogP contribution in [0.1, 0.15) is 93.9 Å². The second-order valence-corrected chi connectivity index (χ2v) is 24.4. The van der Waals surface area contributed by atoms with E-state index >= 15 is 0 Å². The van der Waals surface area contributed by atoms with Crippen molar-refractivity contribution in [2.45, 2.75) is 79.8 Å². The topological polar surface area (TPSA) is 0 Å². The molecule has 0 amide bonds. The third-order valence-corrected chi connectivity index (χ3v) is 20.9. The summed E-state index contributed by atoms with van der Waals surface area (Å²) in [4.78, 5) is 0. The molecule has 0 fully saturated rings. The molecular weight excluding hydrogens is 835 g/mol. The minimum Gasteiger partial charge on any atom is -1.00 e. The second-order valence-electron chi connectivity index (χ2n) is 18.3. The zero-order chi connectivity index (χ0) is 40.3. The molecule has 0 saturated heterocycles. The largest absolute Gasteiger partial charge is 1.00 e. The van der Waals surface area contributed by atoms with Crippen molar-refractivity contribution in [2.75, 3.05) is 0 Å². The molecule has 0 radical (unpaired) electrons. The fourth-order valence-electron chi connectivity index (χ4n) is 10.2. The number of allylic oxidation sites excluding steroid dienone is 4. The Kier molecular flexibility index (Phi) is 13.3. The predicted molar refractivity (Wildman–Crippen MR) is 243 cm³/mol. The van der Waals surface area contributed by atoms with E-state index in [4.69, 9.17) is 0 Å². The summed E-state index contributed by atoms with van der Waals surface area (Å²) in [5.74, 6) is 0.895. The van der Waals surface area contributed by atoms with E-state index in [1.54, 1.807) is 6.49 Å². The third-order valence-electron chi connectivity index (χ3n) is 12.6. The van der Waals surface area contributed by atoms with Gasteiger partial charge in [-0.3, -0.25) is 0 Å². The molecule has 1 atom stereocenters. The van der Waals surface area contributed by atoms with Gasteiger partial charge < -0.3 is 24.8 Å². The maximum absolute atomic E-state index is 3.11. The van der Waals surface area contributed by atoms with Crippen molar-refractivity contribution in [1.82, 2.24) is 0 Å². The molecule has 3 heteroatoms. The molecule has 0 heterocycles. The van der Waals surface area contributed by atoms with Crippen LogP contribution in [0.5, 0.6) is 0 Å². The number of fused-ring (bicyclic) bond motifs is 3. The van der Waals surface area contributed by atoms with Gasteiger partial charge in [-0.1, -0.05) is 0 Å². The molecule has 0 bridgehead atoms. The molecule has 300 valence electrons. The number of hydrogen-bond acceptors (Lipinski definition) is 0. The van der Waals surface area contributed by atoms with Crippen LogP contribution in [0.15, 0.2) is 142 Å². The van der Waals surface area contributed by atoms with Gasteiger partial charge in [-0.15, -0.1) is 0 Å². The van der Waals surface area contributed by atoms with E-state index in [0.717, 1.165) is 0 Å². The molecule has 2 aliphatic rings. The van der Waals surface area contributed by atoms with Crippen LogP contribution < -0.4 is 24.8 Å². The van der Waals surface area contributed by atoms with E-state index in [9.17, 15) is 0 Å². The first-order valence-corrected chi connectivity index (χ1v) is 24.8. The van der Waals surface area contributed by atoms with Crippen LogP contribution in [0, 0.1) is 58.8 Å². The van der Waals surface area contributed by atoms with Crippen molar-refractivity contribution < 1.29 is 46.1 Å². The first-order chi connectivity index (χ1) is 27.2. The summed E-state index contributed by atoms with van der Waals surface area (Å²) >= 11 is -3.11. The van der Waals surface area contributed by atoms with Crippen LogP contribution in [0.25, 0.3) is 33.4 Å². The molecule has 2 aliphatic carbocycles. The van der Waals surface area contributed by atoms with Crippen molar-refractivity contribution in [3.8, 4) is 33.4 Å². The smallest absolute Gasteiger partial charge is 1.00 e. The van der Waals surface area contributed by atoms with Crippen LogP contribution in [0.3, 0.4) is 0 Å². The molecule has 0 aromatic heterocycles. The van der Waals surface area contributed by atoms with Crippen molar-refractivity contribution in [3.63, 3.8) is 0 Å². The molecule has 0 N–H and O–H groups in total. The van der Waals surface area contributed by atoms with Gasteiger partial charge in [-0.05, 0) is 0 Å². The third kappa shape index (κ3) is 8.43. The molecule has 6 aromatic rings. The van der Waals surface area contributed by atoms with E-state index in [2.05, 4.69) is 210 Å². The standard InChI is InChI=1S/C31H29.C13H10.C12H19.2ClH.Zr/c1-18-11-20(3)30(21(4)12-18)24-7-9-28-26(15-24)17-27-16-25(8-10-29(27)28)31-22(5)13-19(2)14-23(31)6;1-3-7-12(8-4-1)11-13-9-5-2-6-10-13;1-9(2)10-6-7-11(8-10)12(3,4)5;;;/h7-17H,1-6H3;1-10H;7-10H,1-5H3;2*1H;/q;;;;;+2/p-2. The summed E-state index contributed by atoms with van der Waals surface area (Å²) in [6, 6.07) is 47.3. The maximum Gasteiger partial charge on any atom is -1.00 e. The molecule has 59 heavy (non-hydrogen) atoms. The monoisotopic (exact) mass is 890 g/mol. The van der Waals surface area contributed by atoms with E-state index in [0.29, 0.717) is 11.8 Å². The van der Waals surface area contributed by atoms with Crippen LogP contribution in [0.2, 0.25) is 0 Å². The Morgan fingerprint density at radius 1 is 0.542 bits per heavy atom. The van der Waals surface area contributed by atoms with Crippen LogP contribution in [-0.4, -0.2) is 3.21 Å². The Hall–Kier alpha value is -3.87. The van der Waals surface area contributed by atoms with Gasteiger partial charge in [0.2, 0.25) is 0 Å². The first-order valence-electron chi connectivity index (χ1n) is 20.9. The molecular formula is C56H58Cl2Zr. The van der Waals surface area contributed by atoms with Crippen molar-refractivity contribution in [3.05, 3.63) is 198 Å². The normalized spacial score (nSPS) is 14.4. The molecule has 0 aliphatic heterocycles. The van der Waals surface area contributed by atoms with E-state index in [1.165, 1.54) is 94.6 Å². The van der Waals surface area contributed by atoms with E-state index in [1.807, 2.05) is 0 Å². The summed E-state index contributed by atoms with van der Waals surface area (Å²) in [7, 11) is 0. The number of hydrogen-bond donors (Lipinski definition) is 0. The van der Waals surface area contributed by atoms with Crippen molar-refractivity contribution in [1.29, 1.82) is 0 Å². The zero-order valence-corrected chi connectivity index (χ0v) is 40.7. The van der Waals surface area contributed by atoms with Gasteiger partial charge in [0.15, 0.2) is 0 Å². The quantitative estimate of drug-likeness (QED) is 0.150. The van der Waals surface area contributed by atoms with Gasteiger partial charge in [0, 0.05) is 0 Å². The van der Waals surface area contributed by atoms with Crippen LogP contribution in [0.4, 0.5) is 0 Å². The SMILES string of the molecule is Cc1cc(C)c(-c2ccc3c(c2)[CH]([Zr+2]([C]2=CC(C(C)(C)C)=CC2C(C)C)=[C](c2ccccc2)c2ccccc2)c2cc(-c4c(C)cc(C)cc4C)ccc2-3)c(C)c1.[Cl-].[Cl-]. The minimum atomic E-state index is -3.11. The Bertz CT molecular complexity index is 2440. The molecule has 0 saturated carbocycles. The van der Waals surface area contributed by atoms with E-state index < -0.39 is 21.3 Å². The average molecular weight is 893 g/mol. The Labute approximate surface area is 374 Å². The van der Waals surface area contributed by atoms with E-state index in [-0.39, 0.29) is 33.9 Å². The number of halogens is 2. The summed E-state index contributed by atoms with van der Waals surface area (Å²) < 4.78 is 3.61. The Balaban J connectivity index is 0.00000293. The number of aryl methyl sites for hydroxylation is 6. The maximum atomic E-state index is 2.71. The molecule has 6 aromatic carbocycles. The Morgan fingerprint density at radius 2 is 0.949 bits per heavy atom. The van der Waals surface area contributed by atoms with Crippen LogP contribution in [-0.2, 0) is 21.3 Å². The second kappa shape index (κ2) is 17.6. The van der Waals surface area contributed by atoms with Gasteiger partial charge in [0.1, 0.15) is 0 Å². The van der Waals surface area contributed by atoms with Gasteiger partial charge >= 0.3 is 353 Å².